The molecule has 0 N–H and O–H groups in total. The van der Waals surface area contributed by atoms with Crippen molar-refractivity contribution in [1.82, 2.24) is 0 Å². The van der Waals surface area contributed by atoms with Gasteiger partial charge in [0, 0.05) is 15.6 Å². The van der Waals surface area contributed by atoms with Crippen LogP contribution < -0.4 is 0 Å². The highest BCUT2D eigenvalue weighted by Gasteiger charge is 2.49. The number of hydrogen-bond acceptors (Lipinski definition) is 0. The SMILES string of the molecule is Br[C@@H]1[C@@H]2c3ccccc3[C@@H]1C[C@H]2Br. The van der Waals surface area contributed by atoms with Crippen molar-refractivity contribution in [3.63, 3.8) is 0 Å². The highest BCUT2D eigenvalue weighted by atomic mass is 79.9. The number of benzene rings is 1. The molecular formula is C11H10Br2. The maximum absolute atomic E-state index is 3.82. The Morgan fingerprint density at radius 2 is 1.77 bits per heavy atom. The minimum Gasteiger partial charge on any atom is -0.0883 e. The third-order valence-electron chi connectivity index (χ3n) is 3.35. The van der Waals surface area contributed by atoms with Crippen LogP contribution in [0.4, 0.5) is 0 Å². The molecule has 3 rings (SSSR count). The van der Waals surface area contributed by atoms with Gasteiger partial charge in [0.1, 0.15) is 0 Å². The smallest absolute Gasteiger partial charge is 0.0294 e. The van der Waals surface area contributed by atoms with Crippen LogP contribution in [0.25, 0.3) is 0 Å². The highest BCUT2D eigenvalue weighted by Crippen LogP contribution is 2.58. The Balaban J connectivity index is 2.18. The van der Waals surface area contributed by atoms with Gasteiger partial charge in [0.2, 0.25) is 0 Å². The first-order valence-corrected chi connectivity index (χ1v) is 6.49. The summed E-state index contributed by atoms with van der Waals surface area (Å²) in [7, 11) is 0. The first-order chi connectivity index (χ1) is 6.29. The van der Waals surface area contributed by atoms with E-state index in [0.717, 1.165) is 5.92 Å². The minimum absolute atomic E-state index is 0.661. The largest absolute Gasteiger partial charge is 0.0883 e. The van der Waals surface area contributed by atoms with Gasteiger partial charge in [-0.2, -0.15) is 0 Å². The van der Waals surface area contributed by atoms with E-state index in [1.165, 1.54) is 6.42 Å². The van der Waals surface area contributed by atoms with Gasteiger partial charge in [-0.15, -0.1) is 0 Å². The van der Waals surface area contributed by atoms with Gasteiger partial charge in [0.25, 0.3) is 0 Å². The van der Waals surface area contributed by atoms with Gasteiger partial charge in [-0.05, 0) is 23.5 Å². The van der Waals surface area contributed by atoms with Crippen molar-refractivity contribution in [3.8, 4) is 0 Å². The van der Waals surface area contributed by atoms with Crippen LogP contribution in [0.3, 0.4) is 0 Å². The van der Waals surface area contributed by atoms with Crippen LogP contribution in [0.5, 0.6) is 0 Å². The fraction of sp³-hybridized carbons (Fsp3) is 0.455. The zero-order valence-electron chi connectivity index (χ0n) is 7.08. The lowest BCUT2D eigenvalue weighted by Crippen LogP contribution is -2.10. The van der Waals surface area contributed by atoms with E-state index in [0.29, 0.717) is 15.6 Å². The summed E-state index contributed by atoms with van der Waals surface area (Å²) < 4.78 is 0. The van der Waals surface area contributed by atoms with E-state index in [9.17, 15) is 0 Å². The second kappa shape index (κ2) is 2.83. The fourth-order valence-corrected chi connectivity index (χ4v) is 5.37. The van der Waals surface area contributed by atoms with Gasteiger partial charge in [-0.1, -0.05) is 56.1 Å². The maximum Gasteiger partial charge on any atom is 0.0294 e. The van der Waals surface area contributed by atoms with Gasteiger partial charge < -0.3 is 0 Å². The minimum atomic E-state index is 0.661. The molecule has 0 amide bonds. The maximum atomic E-state index is 3.82. The second-order valence-corrected chi connectivity index (χ2v) is 6.19. The molecule has 68 valence electrons. The molecule has 1 saturated carbocycles. The van der Waals surface area contributed by atoms with Crippen molar-refractivity contribution in [2.24, 2.45) is 0 Å². The first kappa shape index (κ1) is 8.49. The summed E-state index contributed by atoms with van der Waals surface area (Å²) in [6.07, 6.45) is 1.29. The van der Waals surface area contributed by atoms with Crippen LogP contribution >= 0.6 is 31.9 Å². The molecule has 2 bridgehead atoms. The summed E-state index contributed by atoms with van der Waals surface area (Å²) in [5.74, 6) is 1.44. The lowest BCUT2D eigenvalue weighted by molar-refractivity contribution is 0.743. The van der Waals surface area contributed by atoms with E-state index in [1.807, 2.05) is 0 Å². The Morgan fingerprint density at radius 3 is 2.54 bits per heavy atom. The molecule has 2 heteroatoms. The molecule has 2 aliphatic rings. The summed E-state index contributed by atoms with van der Waals surface area (Å²) in [6.45, 7) is 0. The van der Waals surface area contributed by atoms with Crippen molar-refractivity contribution >= 4 is 31.9 Å². The van der Waals surface area contributed by atoms with E-state index in [1.54, 1.807) is 11.1 Å². The van der Waals surface area contributed by atoms with E-state index < -0.39 is 0 Å². The molecule has 0 nitrogen and oxygen atoms in total. The molecule has 1 aromatic carbocycles. The number of fused-ring (bicyclic) bond motifs is 5. The van der Waals surface area contributed by atoms with Gasteiger partial charge in [-0.25, -0.2) is 0 Å². The van der Waals surface area contributed by atoms with Crippen molar-refractivity contribution in [2.75, 3.05) is 0 Å². The van der Waals surface area contributed by atoms with E-state index in [4.69, 9.17) is 0 Å². The summed E-state index contributed by atoms with van der Waals surface area (Å²) in [5, 5.41) is 0. The molecule has 1 aromatic rings. The van der Waals surface area contributed by atoms with E-state index in [-0.39, 0.29) is 0 Å². The standard InChI is InChI=1S/C11H10Br2/c12-9-5-8-6-3-1-2-4-7(6)10(9)11(8)13/h1-4,8-11H,5H2/t8-,9+,10+,11-/m0/s1. The van der Waals surface area contributed by atoms with Crippen molar-refractivity contribution in [2.45, 2.75) is 27.9 Å². The molecule has 2 aliphatic carbocycles. The number of halogens is 2. The summed E-state index contributed by atoms with van der Waals surface area (Å²) >= 11 is 7.60. The van der Waals surface area contributed by atoms with Crippen LogP contribution in [0.15, 0.2) is 24.3 Å². The molecule has 0 aliphatic heterocycles. The second-order valence-electron chi connectivity index (χ2n) is 3.96. The molecule has 0 saturated heterocycles. The number of alkyl halides is 2. The van der Waals surface area contributed by atoms with Crippen LogP contribution in [-0.4, -0.2) is 9.65 Å². The highest BCUT2D eigenvalue weighted by molar-refractivity contribution is 9.10. The average Bonchev–Trinajstić information content (AvgIpc) is 2.56. The van der Waals surface area contributed by atoms with Crippen LogP contribution in [0.1, 0.15) is 29.4 Å². The Morgan fingerprint density at radius 1 is 1.08 bits per heavy atom. The van der Waals surface area contributed by atoms with Crippen molar-refractivity contribution in [3.05, 3.63) is 35.4 Å². The summed E-state index contributed by atoms with van der Waals surface area (Å²) in [4.78, 5) is 1.34. The Labute approximate surface area is 95.0 Å². The number of hydrogen-bond donors (Lipinski definition) is 0. The lowest BCUT2D eigenvalue weighted by atomic mass is 9.92. The summed E-state index contributed by atoms with van der Waals surface area (Å²) in [6, 6.07) is 8.87. The summed E-state index contributed by atoms with van der Waals surface area (Å²) in [5.41, 5.74) is 3.13. The van der Waals surface area contributed by atoms with Gasteiger partial charge in [0.15, 0.2) is 0 Å². The Hall–Kier alpha value is 0.180. The monoisotopic (exact) mass is 300 g/mol. The third-order valence-corrected chi connectivity index (χ3v) is 5.50. The van der Waals surface area contributed by atoms with E-state index in [2.05, 4.69) is 56.1 Å². The molecule has 0 radical (unpaired) electrons. The quantitative estimate of drug-likeness (QED) is 0.640. The first-order valence-electron chi connectivity index (χ1n) is 4.66. The van der Waals surface area contributed by atoms with Crippen LogP contribution in [0.2, 0.25) is 0 Å². The Bertz CT molecular complexity index is 348. The van der Waals surface area contributed by atoms with Crippen molar-refractivity contribution < 1.29 is 0 Å². The predicted octanol–water partition coefficient (Wildman–Crippen LogP) is 3.80. The number of rotatable bonds is 0. The molecule has 1 fully saturated rings. The average molecular weight is 302 g/mol. The van der Waals surface area contributed by atoms with Crippen LogP contribution in [-0.2, 0) is 0 Å². The Kier molecular flexibility index (Phi) is 1.85. The third kappa shape index (κ3) is 1.02. The molecule has 0 aromatic heterocycles. The van der Waals surface area contributed by atoms with Gasteiger partial charge in [0.05, 0.1) is 0 Å². The zero-order valence-corrected chi connectivity index (χ0v) is 10.3. The molecular weight excluding hydrogens is 292 g/mol. The normalized spacial score (nSPS) is 40.8. The molecule has 0 heterocycles. The van der Waals surface area contributed by atoms with Crippen molar-refractivity contribution in [1.29, 1.82) is 0 Å². The predicted molar refractivity (Wildman–Crippen MR) is 62.0 cm³/mol. The van der Waals surface area contributed by atoms with Crippen LogP contribution in [0, 0.1) is 0 Å². The molecule has 4 atom stereocenters. The topological polar surface area (TPSA) is 0 Å². The molecule has 0 spiro atoms. The van der Waals surface area contributed by atoms with E-state index >= 15 is 0 Å². The molecule has 0 unspecified atom stereocenters. The zero-order chi connectivity index (χ0) is 9.00. The van der Waals surface area contributed by atoms with Gasteiger partial charge in [-0.3, -0.25) is 0 Å². The fourth-order valence-electron chi connectivity index (χ4n) is 2.79. The lowest BCUT2D eigenvalue weighted by Gasteiger charge is -2.18. The van der Waals surface area contributed by atoms with Gasteiger partial charge >= 0.3 is 0 Å². The molecule has 13 heavy (non-hydrogen) atoms.